The summed E-state index contributed by atoms with van der Waals surface area (Å²) in [7, 11) is 0. The average Bonchev–Trinajstić information content (AvgIpc) is 2.90. The van der Waals surface area contributed by atoms with Crippen molar-refractivity contribution >= 4 is 0 Å². The van der Waals surface area contributed by atoms with Crippen LogP contribution in [0.5, 0.6) is 0 Å². The summed E-state index contributed by atoms with van der Waals surface area (Å²) >= 11 is 0. The zero-order chi connectivity index (χ0) is 10.3. The fraction of sp³-hybridized carbons (Fsp3) is 0.818. The molecule has 2 aliphatic rings. The third kappa shape index (κ3) is 1.78. The van der Waals surface area contributed by atoms with E-state index in [1.54, 1.807) is 0 Å². The summed E-state index contributed by atoms with van der Waals surface area (Å²) in [6, 6.07) is 0.697. The Hall–Kier alpha value is -0.900. The van der Waals surface area contributed by atoms with Crippen molar-refractivity contribution in [1.82, 2.24) is 15.5 Å². The first-order valence-electron chi connectivity index (χ1n) is 5.84. The Morgan fingerprint density at radius 1 is 1.40 bits per heavy atom. The summed E-state index contributed by atoms with van der Waals surface area (Å²) in [6.45, 7) is 2.58. The van der Waals surface area contributed by atoms with Gasteiger partial charge in [0.15, 0.2) is 5.82 Å². The van der Waals surface area contributed by atoms with Crippen LogP contribution >= 0.6 is 0 Å². The molecule has 1 aromatic rings. The van der Waals surface area contributed by atoms with Crippen molar-refractivity contribution in [2.24, 2.45) is 11.8 Å². The lowest BCUT2D eigenvalue weighted by Crippen LogP contribution is -2.33. The Morgan fingerprint density at radius 3 is 2.93 bits per heavy atom. The molecule has 1 heterocycles. The number of hydrogen-bond donors (Lipinski definition) is 1. The van der Waals surface area contributed by atoms with E-state index in [9.17, 15) is 0 Å². The molecule has 1 N–H and O–H groups in total. The zero-order valence-electron chi connectivity index (χ0n) is 9.07. The van der Waals surface area contributed by atoms with Crippen molar-refractivity contribution in [2.75, 3.05) is 0 Å². The van der Waals surface area contributed by atoms with Crippen LogP contribution in [0.3, 0.4) is 0 Å². The minimum absolute atomic E-state index is 0.653. The van der Waals surface area contributed by atoms with Crippen LogP contribution in [0.25, 0.3) is 0 Å². The van der Waals surface area contributed by atoms with Crippen molar-refractivity contribution in [3.8, 4) is 0 Å². The van der Waals surface area contributed by atoms with Gasteiger partial charge in [-0.1, -0.05) is 11.6 Å². The lowest BCUT2D eigenvalue weighted by molar-refractivity contribution is 0.341. The first kappa shape index (κ1) is 9.33. The first-order chi connectivity index (χ1) is 7.31. The molecule has 0 aromatic carbocycles. The summed E-state index contributed by atoms with van der Waals surface area (Å²) in [5.41, 5.74) is 0. The number of hydrogen-bond acceptors (Lipinski definition) is 4. The summed E-state index contributed by atoms with van der Waals surface area (Å²) in [4.78, 5) is 4.19. The van der Waals surface area contributed by atoms with E-state index in [0.717, 1.165) is 24.2 Å². The van der Waals surface area contributed by atoms with Crippen LogP contribution in [0.4, 0.5) is 0 Å². The van der Waals surface area contributed by atoms with Crippen LogP contribution in [0.15, 0.2) is 4.52 Å². The molecule has 2 bridgehead atoms. The Bertz CT molecular complexity index is 349. The second kappa shape index (κ2) is 3.59. The zero-order valence-corrected chi connectivity index (χ0v) is 9.07. The molecule has 3 rings (SSSR count). The third-order valence-electron chi connectivity index (χ3n) is 3.83. The average molecular weight is 207 g/mol. The van der Waals surface area contributed by atoms with E-state index < -0.39 is 0 Å². The predicted molar refractivity (Wildman–Crippen MR) is 55.1 cm³/mol. The van der Waals surface area contributed by atoms with E-state index in [2.05, 4.69) is 15.5 Å². The van der Waals surface area contributed by atoms with E-state index in [1.807, 2.05) is 6.92 Å². The van der Waals surface area contributed by atoms with Crippen molar-refractivity contribution < 1.29 is 4.52 Å². The van der Waals surface area contributed by atoms with Crippen LogP contribution < -0.4 is 5.32 Å². The lowest BCUT2D eigenvalue weighted by Gasteiger charge is -2.22. The van der Waals surface area contributed by atoms with Crippen molar-refractivity contribution in [3.63, 3.8) is 0 Å². The van der Waals surface area contributed by atoms with Gasteiger partial charge in [0, 0.05) is 13.0 Å². The molecule has 0 aliphatic heterocycles. The van der Waals surface area contributed by atoms with Crippen LogP contribution in [0.1, 0.15) is 37.4 Å². The quantitative estimate of drug-likeness (QED) is 0.819. The summed E-state index contributed by atoms with van der Waals surface area (Å²) < 4.78 is 4.94. The third-order valence-corrected chi connectivity index (χ3v) is 3.83. The van der Waals surface area contributed by atoms with Crippen molar-refractivity contribution in [3.05, 3.63) is 11.7 Å². The highest BCUT2D eigenvalue weighted by atomic mass is 16.5. The Labute approximate surface area is 89.4 Å². The number of aryl methyl sites for hydroxylation is 1. The lowest BCUT2D eigenvalue weighted by atomic mass is 9.95. The SMILES string of the molecule is Cc1nc(CNC2CC3CCC2C3)no1. The smallest absolute Gasteiger partial charge is 0.223 e. The standard InChI is InChI=1S/C11H17N3O/c1-7-13-11(14-15-7)6-12-10-5-8-2-3-9(10)4-8/h8-10,12H,2-6H2,1H3. The molecule has 3 unspecified atom stereocenters. The first-order valence-corrected chi connectivity index (χ1v) is 5.84. The second-order valence-corrected chi connectivity index (χ2v) is 4.89. The molecule has 82 valence electrons. The largest absolute Gasteiger partial charge is 0.340 e. The van der Waals surface area contributed by atoms with Gasteiger partial charge in [-0.15, -0.1) is 0 Å². The second-order valence-electron chi connectivity index (χ2n) is 4.89. The topological polar surface area (TPSA) is 51.0 Å². The Morgan fingerprint density at radius 2 is 2.33 bits per heavy atom. The fourth-order valence-electron chi connectivity index (χ4n) is 3.13. The predicted octanol–water partition coefficient (Wildman–Crippen LogP) is 1.66. The molecular weight excluding hydrogens is 190 g/mol. The number of nitrogens with one attached hydrogen (secondary N) is 1. The molecule has 4 nitrogen and oxygen atoms in total. The summed E-state index contributed by atoms with van der Waals surface area (Å²) in [5.74, 6) is 3.33. The van der Waals surface area contributed by atoms with Gasteiger partial charge in [-0.25, -0.2) is 0 Å². The molecule has 15 heavy (non-hydrogen) atoms. The molecule has 4 heteroatoms. The van der Waals surface area contributed by atoms with Crippen LogP contribution in [0, 0.1) is 18.8 Å². The van der Waals surface area contributed by atoms with Gasteiger partial charge >= 0.3 is 0 Å². The minimum atomic E-state index is 0.653. The molecule has 0 saturated heterocycles. The number of rotatable bonds is 3. The summed E-state index contributed by atoms with van der Waals surface area (Å²) in [6.07, 6.45) is 5.64. The van der Waals surface area contributed by atoms with Crippen molar-refractivity contribution in [1.29, 1.82) is 0 Å². The normalized spacial score (nSPS) is 33.8. The summed E-state index contributed by atoms with van der Waals surface area (Å²) in [5, 5.41) is 7.45. The van der Waals surface area contributed by atoms with E-state index >= 15 is 0 Å². The number of fused-ring (bicyclic) bond motifs is 2. The molecule has 0 amide bonds. The van der Waals surface area contributed by atoms with Crippen LogP contribution in [0.2, 0.25) is 0 Å². The fourth-order valence-corrected chi connectivity index (χ4v) is 3.13. The van der Waals surface area contributed by atoms with Crippen LogP contribution in [-0.4, -0.2) is 16.2 Å². The van der Waals surface area contributed by atoms with Gasteiger partial charge in [0.05, 0.1) is 6.54 Å². The van der Waals surface area contributed by atoms with Gasteiger partial charge in [0.2, 0.25) is 5.89 Å². The highest BCUT2D eigenvalue weighted by Gasteiger charge is 2.39. The molecule has 1 aromatic heterocycles. The highest BCUT2D eigenvalue weighted by molar-refractivity contribution is 4.95. The van der Waals surface area contributed by atoms with E-state index in [1.165, 1.54) is 25.7 Å². The van der Waals surface area contributed by atoms with E-state index in [-0.39, 0.29) is 0 Å². The van der Waals surface area contributed by atoms with Gasteiger partial charge in [0.1, 0.15) is 0 Å². The molecule has 0 radical (unpaired) electrons. The van der Waals surface area contributed by atoms with E-state index in [4.69, 9.17) is 4.52 Å². The van der Waals surface area contributed by atoms with Gasteiger partial charge < -0.3 is 9.84 Å². The monoisotopic (exact) mass is 207 g/mol. The van der Waals surface area contributed by atoms with E-state index in [0.29, 0.717) is 11.9 Å². The molecule has 2 aliphatic carbocycles. The van der Waals surface area contributed by atoms with Crippen LogP contribution in [-0.2, 0) is 6.54 Å². The Balaban J connectivity index is 1.54. The van der Waals surface area contributed by atoms with Gasteiger partial charge in [0.25, 0.3) is 0 Å². The minimum Gasteiger partial charge on any atom is -0.340 e. The molecule has 2 fully saturated rings. The van der Waals surface area contributed by atoms with Gasteiger partial charge in [-0.05, 0) is 31.1 Å². The van der Waals surface area contributed by atoms with Crippen molar-refractivity contribution in [2.45, 2.75) is 45.2 Å². The Kier molecular flexibility index (Phi) is 2.24. The maximum absolute atomic E-state index is 4.94. The maximum atomic E-state index is 4.94. The highest BCUT2D eigenvalue weighted by Crippen LogP contribution is 2.44. The molecule has 3 atom stereocenters. The molecular formula is C11H17N3O. The number of nitrogens with zero attached hydrogens (tertiary/aromatic N) is 2. The number of aromatic nitrogens is 2. The van der Waals surface area contributed by atoms with Gasteiger partial charge in [-0.2, -0.15) is 4.98 Å². The van der Waals surface area contributed by atoms with Gasteiger partial charge in [-0.3, -0.25) is 0 Å². The maximum Gasteiger partial charge on any atom is 0.223 e. The molecule has 0 spiro atoms. The molecule has 2 saturated carbocycles.